The second kappa shape index (κ2) is 12.3. The second-order valence-electron chi connectivity index (χ2n) is 9.16. The molecular formula is C31H32N2O4. The third kappa shape index (κ3) is 6.61. The van der Waals surface area contributed by atoms with Crippen molar-refractivity contribution in [1.82, 2.24) is 4.90 Å². The van der Waals surface area contributed by atoms with Crippen molar-refractivity contribution < 1.29 is 19.4 Å². The van der Waals surface area contributed by atoms with Gasteiger partial charge in [-0.05, 0) is 33.9 Å². The lowest BCUT2D eigenvalue weighted by Crippen LogP contribution is -2.55. The molecule has 0 aliphatic heterocycles. The van der Waals surface area contributed by atoms with Crippen molar-refractivity contribution >= 4 is 22.6 Å². The molecule has 6 heteroatoms. The molecule has 190 valence electrons. The van der Waals surface area contributed by atoms with Crippen LogP contribution in [0.4, 0.5) is 0 Å². The smallest absolute Gasteiger partial charge is 0.312 e. The number of carbonyl (C=O) groups is 2. The summed E-state index contributed by atoms with van der Waals surface area (Å²) in [4.78, 5) is 27.4. The number of aliphatic hydroxyl groups is 1. The van der Waals surface area contributed by atoms with Crippen LogP contribution in [0.15, 0.2) is 103 Å². The van der Waals surface area contributed by atoms with E-state index in [4.69, 9.17) is 10.5 Å². The SMILES string of the molecule is CC(=O)N(Cc1cccc2ccccc12)C(N)[C@H](O)[C@H](Cc1ccccc1)C(=O)OCc1ccccc1. The maximum absolute atomic E-state index is 13.3. The number of rotatable bonds is 10. The van der Waals surface area contributed by atoms with Gasteiger partial charge in [0.05, 0.1) is 5.92 Å². The van der Waals surface area contributed by atoms with Crippen LogP contribution in [0.25, 0.3) is 10.8 Å². The minimum atomic E-state index is -1.35. The van der Waals surface area contributed by atoms with E-state index in [0.717, 1.165) is 27.5 Å². The van der Waals surface area contributed by atoms with Crippen molar-refractivity contribution in [3.05, 3.63) is 120 Å². The van der Waals surface area contributed by atoms with Gasteiger partial charge in [-0.3, -0.25) is 9.59 Å². The highest BCUT2D eigenvalue weighted by Gasteiger charge is 2.36. The van der Waals surface area contributed by atoms with Gasteiger partial charge in [0.1, 0.15) is 18.9 Å². The van der Waals surface area contributed by atoms with Crippen LogP contribution in [0.2, 0.25) is 0 Å². The minimum absolute atomic E-state index is 0.0827. The van der Waals surface area contributed by atoms with Gasteiger partial charge in [0.25, 0.3) is 0 Å². The molecule has 4 rings (SSSR count). The number of hydrogen-bond donors (Lipinski definition) is 2. The Morgan fingerprint density at radius 1 is 0.838 bits per heavy atom. The van der Waals surface area contributed by atoms with Crippen molar-refractivity contribution in [3.63, 3.8) is 0 Å². The van der Waals surface area contributed by atoms with Crippen molar-refractivity contribution in [1.29, 1.82) is 0 Å². The summed E-state index contributed by atoms with van der Waals surface area (Å²) in [7, 11) is 0. The number of nitrogens with two attached hydrogens (primary N) is 1. The van der Waals surface area contributed by atoms with E-state index in [-0.39, 0.29) is 25.5 Å². The standard InChI is InChI=1S/C31H32N2O4/c1-22(34)33(20-26-17-10-16-25-15-8-9-18-27(25)26)30(32)29(35)28(19-23-11-4-2-5-12-23)31(36)37-21-24-13-6-3-7-14-24/h2-18,28-30,35H,19-21,32H2,1H3/t28-,29+,30?/m0/s1. The lowest BCUT2D eigenvalue weighted by atomic mass is 9.91. The largest absolute Gasteiger partial charge is 0.461 e. The van der Waals surface area contributed by atoms with Crippen LogP contribution >= 0.6 is 0 Å². The van der Waals surface area contributed by atoms with Gasteiger partial charge < -0.3 is 20.5 Å². The van der Waals surface area contributed by atoms with Gasteiger partial charge in [-0.25, -0.2) is 0 Å². The Bertz CT molecular complexity index is 1320. The first-order chi connectivity index (χ1) is 17.9. The highest BCUT2D eigenvalue weighted by atomic mass is 16.5. The van der Waals surface area contributed by atoms with Gasteiger partial charge in [-0.1, -0.05) is 103 Å². The van der Waals surface area contributed by atoms with Gasteiger partial charge >= 0.3 is 5.97 Å². The maximum atomic E-state index is 13.3. The second-order valence-corrected chi connectivity index (χ2v) is 9.16. The monoisotopic (exact) mass is 496 g/mol. The highest BCUT2D eigenvalue weighted by Crippen LogP contribution is 2.24. The van der Waals surface area contributed by atoms with Crippen molar-refractivity contribution in [3.8, 4) is 0 Å². The molecule has 0 radical (unpaired) electrons. The quantitative estimate of drug-likeness (QED) is 0.250. The number of amides is 1. The van der Waals surface area contributed by atoms with E-state index in [2.05, 4.69) is 0 Å². The normalized spacial score (nSPS) is 13.5. The minimum Gasteiger partial charge on any atom is -0.461 e. The summed E-state index contributed by atoms with van der Waals surface area (Å²) in [5.41, 5.74) is 9.11. The summed E-state index contributed by atoms with van der Waals surface area (Å²) in [6, 6.07) is 32.5. The molecule has 6 nitrogen and oxygen atoms in total. The first kappa shape index (κ1) is 26.1. The van der Waals surface area contributed by atoms with E-state index in [1.165, 1.54) is 11.8 Å². The molecule has 1 unspecified atom stereocenters. The Morgan fingerprint density at radius 3 is 2.11 bits per heavy atom. The predicted molar refractivity (Wildman–Crippen MR) is 144 cm³/mol. The zero-order valence-corrected chi connectivity index (χ0v) is 20.9. The summed E-state index contributed by atoms with van der Waals surface area (Å²) in [6.07, 6.45) is -2.24. The third-order valence-electron chi connectivity index (χ3n) is 6.57. The van der Waals surface area contributed by atoms with Gasteiger partial charge in [-0.2, -0.15) is 0 Å². The summed E-state index contributed by atoms with van der Waals surface area (Å²) in [6.45, 7) is 1.70. The molecule has 4 aromatic carbocycles. The number of esters is 1. The Morgan fingerprint density at radius 2 is 1.43 bits per heavy atom. The van der Waals surface area contributed by atoms with E-state index in [9.17, 15) is 14.7 Å². The van der Waals surface area contributed by atoms with Crippen LogP contribution in [-0.2, 0) is 33.9 Å². The molecule has 4 aromatic rings. The number of benzene rings is 4. The van der Waals surface area contributed by atoms with Crippen molar-refractivity contribution in [2.24, 2.45) is 11.7 Å². The number of carbonyl (C=O) groups excluding carboxylic acids is 2. The highest BCUT2D eigenvalue weighted by molar-refractivity contribution is 5.86. The summed E-state index contributed by atoms with van der Waals surface area (Å²) >= 11 is 0. The molecule has 0 spiro atoms. The molecule has 0 bridgehead atoms. The lowest BCUT2D eigenvalue weighted by molar-refractivity contribution is -0.157. The average molecular weight is 497 g/mol. The molecular weight excluding hydrogens is 464 g/mol. The molecule has 0 saturated carbocycles. The third-order valence-corrected chi connectivity index (χ3v) is 6.57. The molecule has 0 aliphatic rings. The molecule has 0 heterocycles. The van der Waals surface area contributed by atoms with Gasteiger partial charge in [0, 0.05) is 13.5 Å². The Hall–Kier alpha value is -4.00. The maximum Gasteiger partial charge on any atom is 0.312 e. The summed E-state index contributed by atoms with van der Waals surface area (Å²) in [5.74, 6) is -1.82. The molecule has 0 aromatic heterocycles. The number of nitrogens with zero attached hydrogens (tertiary/aromatic N) is 1. The van der Waals surface area contributed by atoms with E-state index in [0.29, 0.717) is 0 Å². The fraction of sp³-hybridized carbons (Fsp3) is 0.226. The van der Waals surface area contributed by atoms with Crippen LogP contribution in [0.3, 0.4) is 0 Å². The number of fused-ring (bicyclic) bond motifs is 1. The van der Waals surface area contributed by atoms with Crippen molar-refractivity contribution in [2.75, 3.05) is 0 Å². The first-order valence-electron chi connectivity index (χ1n) is 12.4. The summed E-state index contributed by atoms with van der Waals surface area (Å²) < 4.78 is 5.59. The zero-order valence-electron chi connectivity index (χ0n) is 20.9. The number of aliphatic hydroxyl groups excluding tert-OH is 1. The van der Waals surface area contributed by atoms with Crippen LogP contribution in [0.5, 0.6) is 0 Å². The number of hydrogen-bond acceptors (Lipinski definition) is 5. The van der Waals surface area contributed by atoms with Crippen LogP contribution in [0, 0.1) is 5.92 Å². The van der Waals surface area contributed by atoms with Gasteiger partial charge in [0.15, 0.2) is 0 Å². The van der Waals surface area contributed by atoms with E-state index in [1.807, 2.05) is 103 Å². The fourth-order valence-electron chi connectivity index (χ4n) is 4.51. The molecule has 1 amide bonds. The van der Waals surface area contributed by atoms with Crippen LogP contribution in [-0.4, -0.2) is 34.2 Å². The van der Waals surface area contributed by atoms with E-state index >= 15 is 0 Å². The van der Waals surface area contributed by atoms with Gasteiger partial charge in [-0.15, -0.1) is 0 Å². The average Bonchev–Trinajstić information content (AvgIpc) is 2.93. The van der Waals surface area contributed by atoms with Crippen LogP contribution in [0.1, 0.15) is 23.6 Å². The molecule has 3 N–H and O–H groups in total. The summed E-state index contributed by atoms with van der Waals surface area (Å²) in [5, 5.41) is 13.4. The zero-order chi connectivity index (χ0) is 26.2. The Labute approximate surface area is 217 Å². The molecule has 0 fully saturated rings. The number of ether oxygens (including phenoxy) is 1. The Balaban J connectivity index is 1.57. The lowest BCUT2D eigenvalue weighted by Gasteiger charge is -2.34. The predicted octanol–water partition coefficient (Wildman–Crippen LogP) is 4.44. The van der Waals surface area contributed by atoms with Crippen LogP contribution < -0.4 is 5.73 Å². The molecule has 3 atom stereocenters. The van der Waals surface area contributed by atoms with Crippen molar-refractivity contribution in [2.45, 2.75) is 38.8 Å². The Kier molecular flexibility index (Phi) is 8.67. The molecule has 0 saturated heterocycles. The fourth-order valence-corrected chi connectivity index (χ4v) is 4.51. The topological polar surface area (TPSA) is 92.9 Å². The first-order valence-corrected chi connectivity index (χ1v) is 12.4. The molecule has 0 aliphatic carbocycles. The van der Waals surface area contributed by atoms with E-state index in [1.54, 1.807) is 0 Å². The van der Waals surface area contributed by atoms with Gasteiger partial charge in [0.2, 0.25) is 5.91 Å². The molecule has 37 heavy (non-hydrogen) atoms. The van der Waals surface area contributed by atoms with E-state index < -0.39 is 24.2 Å².